The molecule has 0 spiro atoms. The normalized spacial score (nSPS) is 18.3. The lowest BCUT2D eigenvalue weighted by Gasteiger charge is -2.20. The van der Waals surface area contributed by atoms with Gasteiger partial charge in [0.2, 0.25) is 0 Å². The van der Waals surface area contributed by atoms with Gasteiger partial charge in [0.15, 0.2) is 9.84 Å². The molecule has 1 aliphatic carbocycles. The van der Waals surface area contributed by atoms with Crippen LogP contribution in [0.4, 0.5) is 0 Å². The Kier molecular flexibility index (Phi) is 5.22. The highest BCUT2D eigenvalue weighted by Crippen LogP contribution is 2.27. The lowest BCUT2D eigenvalue weighted by Crippen LogP contribution is -2.30. The van der Waals surface area contributed by atoms with E-state index in [4.69, 9.17) is 0 Å². The molecule has 20 heavy (non-hydrogen) atoms. The van der Waals surface area contributed by atoms with Crippen LogP contribution in [0.3, 0.4) is 0 Å². The number of aryl methyl sites for hydroxylation is 1. The van der Waals surface area contributed by atoms with Crippen molar-refractivity contribution in [1.29, 1.82) is 0 Å². The van der Waals surface area contributed by atoms with Crippen LogP contribution in [0.2, 0.25) is 0 Å². The van der Waals surface area contributed by atoms with Crippen molar-refractivity contribution < 1.29 is 8.42 Å². The highest BCUT2D eigenvalue weighted by molar-refractivity contribution is 7.92. The van der Waals surface area contributed by atoms with Crippen LogP contribution < -0.4 is 5.32 Å². The Bertz CT molecular complexity index is 516. The zero-order chi connectivity index (χ0) is 14.6. The van der Waals surface area contributed by atoms with Crippen molar-refractivity contribution >= 4 is 9.84 Å². The summed E-state index contributed by atoms with van der Waals surface area (Å²) in [4.78, 5) is 0. The number of rotatable bonds is 6. The Labute approximate surface area is 122 Å². The smallest absolute Gasteiger partial charge is 0.155 e. The maximum absolute atomic E-state index is 12.5. The van der Waals surface area contributed by atoms with E-state index in [2.05, 4.69) is 24.4 Å². The molecule has 3 nitrogen and oxygen atoms in total. The molecular weight excluding hydrogens is 270 g/mol. The Morgan fingerprint density at radius 2 is 1.80 bits per heavy atom. The van der Waals surface area contributed by atoms with Crippen LogP contribution in [0.25, 0.3) is 0 Å². The average Bonchev–Trinajstić information content (AvgIpc) is 3.00. The minimum Gasteiger partial charge on any atom is -0.312 e. The topological polar surface area (TPSA) is 46.2 Å². The molecule has 1 aromatic carbocycles. The first-order valence-corrected chi connectivity index (χ1v) is 9.26. The number of hydrogen-bond donors (Lipinski definition) is 1. The quantitative estimate of drug-likeness (QED) is 0.878. The van der Waals surface area contributed by atoms with Gasteiger partial charge in [-0.3, -0.25) is 0 Å². The van der Waals surface area contributed by atoms with Crippen molar-refractivity contribution in [2.24, 2.45) is 0 Å². The molecule has 0 bridgehead atoms. The Hall–Kier alpha value is -0.870. The van der Waals surface area contributed by atoms with Gasteiger partial charge in [-0.15, -0.1) is 0 Å². The third-order valence-corrected chi connectivity index (χ3v) is 6.63. The summed E-state index contributed by atoms with van der Waals surface area (Å²) in [6.07, 6.45) is 4.80. The summed E-state index contributed by atoms with van der Waals surface area (Å²) in [7, 11) is -1.16. The van der Waals surface area contributed by atoms with Crippen molar-refractivity contribution in [3.05, 3.63) is 35.4 Å². The summed E-state index contributed by atoms with van der Waals surface area (Å²) in [6, 6.07) is 8.16. The molecule has 1 fully saturated rings. The third kappa shape index (κ3) is 3.61. The van der Waals surface area contributed by atoms with Crippen molar-refractivity contribution in [2.45, 2.75) is 50.3 Å². The summed E-state index contributed by atoms with van der Waals surface area (Å²) in [5.41, 5.74) is 2.34. The molecule has 4 heteroatoms. The first-order chi connectivity index (χ1) is 9.56. The van der Waals surface area contributed by atoms with Crippen molar-refractivity contribution in [3.63, 3.8) is 0 Å². The van der Waals surface area contributed by atoms with Crippen LogP contribution in [0, 0.1) is 0 Å². The van der Waals surface area contributed by atoms with E-state index >= 15 is 0 Å². The van der Waals surface area contributed by atoms with E-state index in [9.17, 15) is 8.42 Å². The van der Waals surface area contributed by atoms with Crippen LogP contribution in [-0.4, -0.2) is 26.5 Å². The maximum atomic E-state index is 12.5. The first kappa shape index (κ1) is 15.5. The van der Waals surface area contributed by atoms with Crippen LogP contribution >= 0.6 is 0 Å². The average molecular weight is 295 g/mol. The van der Waals surface area contributed by atoms with Crippen LogP contribution in [0.5, 0.6) is 0 Å². The summed E-state index contributed by atoms with van der Waals surface area (Å²) in [5.74, 6) is 0.208. The fraction of sp³-hybridized carbons (Fsp3) is 0.625. The fourth-order valence-corrected chi connectivity index (χ4v) is 5.10. The second-order valence-corrected chi connectivity index (χ2v) is 8.00. The molecule has 0 saturated heterocycles. The molecule has 1 atom stereocenters. The predicted molar refractivity (Wildman–Crippen MR) is 83.7 cm³/mol. The van der Waals surface area contributed by atoms with E-state index in [-0.39, 0.29) is 17.0 Å². The van der Waals surface area contributed by atoms with Crippen LogP contribution in [-0.2, 0) is 16.3 Å². The minimum absolute atomic E-state index is 0.105. The zero-order valence-corrected chi connectivity index (χ0v) is 13.2. The molecule has 0 amide bonds. The van der Waals surface area contributed by atoms with Gasteiger partial charge >= 0.3 is 0 Å². The third-order valence-electron chi connectivity index (χ3n) is 4.35. The molecule has 2 rings (SSSR count). The van der Waals surface area contributed by atoms with E-state index in [1.54, 1.807) is 0 Å². The van der Waals surface area contributed by atoms with Crippen molar-refractivity contribution in [1.82, 2.24) is 5.32 Å². The molecule has 1 saturated carbocycles. The SMILES string of the molecule is CCc1ccc(C(CS(=O)(=O)C2CCCC2)NC)cc1. The lowest BCUT2D eigenvalue weighted by atomic mass is 10.1. The molecule has 1 N–H and O–H groups in total. The summed E-state index contributed by atoms with van der Waals surface area (Å²) < 4.78 is 24.9. The van der Waals surface area contributed by atoms with Gasteiger partial charge < -0.3 is 5.32 Å². The molecule has 0 aromatic heterocycles. The minimum atomic E-state index is -3.00. The van der Waals surface area contributed by atoms with Gasteiger partial charge in [0, 0.05) is 6.04 Å². The summed E-state index contributed by atoms with van der Waals surface area (Å²) >= 11 is 0. The van der Waals surface area contributed by atoms with Gasteiger partial charge in [0.05, 0.1) is 11.0 Å². The summed E-state index contributed by atoms with van der Waals surface area (Å²) in [5, 5.41) is 3.04. The van der Waals surface area contributed by atoms with E-state index < -0.39 is 9.84 Å². The number of sulfone groups is 1. The van der Waals surface area contributed by atoms with E-state index in [1.165, 1.54) is 5.56 Å². The second-order valence-electron chi connectivity index (χ2n) is 5.67. The molecule has 1 unspecified atom stereocenters. The molecule has 112 valence electrons. The second kappa shape index (κ2) is 6.72. The number of benzene rings is 1. The zero-order valence-electron chi connectivity index (χ0n) is 12.4. The van der Waals surface area contributed by atoms with E-state index in [1.807, 2.05) is 19.2 Å². The molecule has 0 radical (unpaired) electrons. The van der Waals surface area contributed by atoms with Crippen LogP contribution in [0.1, 0.15) is 49.8 Å². The lowest BCUT2D eigenvalue weighted by molar-refractivity contribution is 0.560. The van der Waals surface area contributed by atoms with Gasteiger partial charge in [-0.05, 0) is 37.4 Å². The van der Waals surface area contributed by atoms with Gasteiger partial charge in [0.25, 0.3) is 0 Å². The highest BCUT2D eigenvalue weighted by atomic mass is 32.2. The number of hydrogen-bond acceptors (Lipinski definition) is 3. The summed E-state index contributed by atoms with van der Waals surface area (Å²) in [6.45, 7) is 2.12. The predicted octanol–water partition coefficient (Wildman–Crippen LogP) is 2.87. The monoisotopic (exact) mass is 295 g/mol. The Morgan fingerprint density at radius 1 is 1.20 bits per heavy atom. The Morgan fingerprint density at radius 3 is 2.30 bits per heavy atom. The van der Waals surface area contributed by atoms with Gasteiger partial charge in [0.1, 0.15) is 0 Å². The molecule has 1 aromatic rings. The molecule has 0 aliphatic heterocycles. The first-order valence-electron chi connectivity index (χ1n) is 7.54. The van der Waals surface area contributed by atoms with Gasteiger partial charge in [-0.25, -0.2) is 8.42 Å². The van der Waals surface area contributed by atoms with E-state index in [0.29, 0.717) is 0 Å². The standard InChI is InChI=1S/C16H25NO2S/c1-3-13-8-10-14(11-9-13)16(17-2)12-20(18,19)15-6-4-5-7-15/h8-11,15-17H,3-7,12H2,1-2H3. The highest BCUT2D eigenvalue weighted by Gasteiger charge is 2.31. The number of nitrogens with one attached hydrogen (secondary N) is 1. The van der Waals surface area contributed by atoms with Crippen molar-refractivity contribution in [2.75, 3.05) is 12.8 Å². The fourth-order valence-electron chi connectivity index (χ4n) is 2.95. The van der Waals surface area contributed by atoms with Crippen molar-refractivity contribution in [3.8, 4) is 0 Å². The van der Waals surface area contributed by atoms with Gasteiger partial charge in [-0.1, -0.05) is 44.0 Å². The maximum Gasteiger partial charge on any atom is 0.155 e. The largest absolute Gasteiger partial charge is 0.312 e. The molecule has 1 aliphatic rings. The van der Waals surface area contributed by atoms with Gasteiger partial charge in [-0.2, -0.15) is 0 Å². The molecule has 0 heterocycles. The Balaban J connectivity index is 2.11. The van der Waals surface area contributed by atoms with E-state index in [0.717, 1.165) is 37.7 Å². The van der Waals surface area contributed by atoms with Crippen LogP contribution in [0.15, 0.2) is 24.3 Å². The molecular formula is C16H25NO2S.